The van der Waals surface area contributed by atoms with E-state index in [2.05, 4.69) is 86.6 Å². The Morgan fingerprint density at radius 1 is 0.724 bits per heavy atom. The first-order valence-corrected chi connectivity index (χ1v) is 11.5. The second-order valence-electron chi connectivity index (χ2n) is 8.83. The van der Waals surface area contributed by atoms with Crippen molar-refractivity contribution in [1.29, 1.82) is 0 Å². The number of hydrogen-bond acceptors (Lipinski definition) is 0. The van der Waals surface area contributed by atoms with Gasteiger partial charge < -0.3 is 0 Å². The summed E-state index contributed by atoms with van der Waals surface area (Å²) < 4.78 is 0. The summed E-state index contributed by atoms with van der Waals surface area (Å²) in [7, 11) is 0. The number of hydrogen-bond donors (Lipinski definition) is 0. The fraction of sp³-hybridized carbons (Fsp3) is 0.379. The van der Waals surface area contributed by atoms with Gasteiger partial charge in [0.15, 0.2) is 0 Å². The molecule has 0 aliphatic heterocycles. The maximum absolute atomic E-state index is 2.46. The summed E-state index contributed by atoms with van der Waals surface area (Å²) in [6.07, 6.45) is 9.00. The summed E-state index contributed by atoms with van der Waals surface area (Å²) in [6.45, 7) is 4.52. The predicted octanol–water partition coefficient (Wildman–Crippen LogP) is 8.45. The highest BCUT2D eigenvalue weighted by Crippen LogP contribution is 2.39. The fourth-order valence-corrected chi connectivity index (χ4v) is 5.10. The van der Waals surface area contributed by atoms with Crippen molar-refractivity contribution in [3.63, 3.8) is 0 Å². The van der Waals surface area contributed by atoms with Crippen molar-refractivity contribution >= 4 is 0 Å². The molecule has 150 valence electrons. The van der Waals surface area contributed by atoms with Crippen LogP contribution in [0.5, 0.6) is 0 Å². The van der Waals surface area contributed by atoms with E-state index in [0.29, 0.717) is 5.92 Å². The van der Waals surface area contributed by atoms with Crippen LogP contribution in [0.25, 0.3) is 11.1 Å². The van der Waals surface area contributed by atoms with E-state index in [0.717, 1.165) is 5.92 Å². The second-order valence-corrected chi connectivity index (χ2v) is 8.83. The van der Waals surface area contributed by atoms with Crippen LogP contribution in [0.1, 0.15) is 79.5 Å². The lowest BCUT2D eigenvalue weighted by molar-refractivity contribution is 0.573. The topological polar surface area (TPSA) is 0 Å². The molecule has 0 heterocycles. The molecule has 0 bridgehead atoms. The Bertz CT molecular complexity index is 905. The third-order valence-electron chi connectivity index (χ3n) is 6.77. The quantitative estimate of drug-likeness (QED) is 0.388. The summed E-state index contributed by atoms with van der Waals surface area (Å²) in [5.74, 6) is 1.45. The van der Waals surface area contributed by atoms with E-state index in [1.54, 1.807) is 5.56 Å². The third kappa shape index (κ3) is 4.81. The Labute approximate surface area is 177 Å². The van der Waals surface area contributed by atoms with Crippen LogP contribution in [0.15, 0.2) is 72.8 Å². The van der Waals surface area contributed by atoms with Crippen molar-refractivity contribution in [2.75, 3.05) is 0 Å². The van der Waals surface area contributed by atoms with Gasteiger partial charge in [-0.05, 0) is 84.2 Å². The van der Waals surface area contributed by atoms with Gasteiger partial charge in [-0.3, -0.25) is 0 Å². The van der Waals surface area contributed by atoms with E-state index in [1.165, 1.54) is 72.8 Å². The third-order valence-corrected chi connectivity index (χ3v) is 6.77. The summed E-state index contributed by atoms with van der Waals surface area (Å²) in [5.41, 5.74) is 8.66. The molecule has 0 nitrogen and oxygen atoms in total. The number of benzene rings is 3. The molecule has 0 heteroatoms. The lowest BCUT2D eigenvalue weighted by Crippen LogP contribution is -2.00. The molecule has 0 aromatic heterocycles. The summed E-state index contributed by atoms with van der Waals surface area (Å²) in [4.78, 5) is 0. The molecule has 0 amide bonds. The first-order chi connectivity index (χ1) is 14.2. The molecule has 29 heavy (non-hydrogen) atoms. The average Bonchev–Trinajstić information content (AvgIpc) is 3.02. The Morgan fingerprint density at radius 3 is 2.07 bits per heavy atom. The van der Waals surface area contributed by atoms with Crippen molar-refractivity contribution < 1.29 is 0 Å². The monoisotopic (exact) mass is 382 g/mol. The van der Waals surface area contributed by atoms with Crippen LogP contribution < -0.4 is 0 Å². The standard InChI is InChI=1S/C29H34/c1-3-8-23-13-15-27(16-14-23)29-20-19-28(21-22(29)2)26-12-7-11-25(17-18-26)24-9-5-4-6-10-24/h4-6,9-10,13-16,19-21,25-26H,3,7-8,11-12,17-18H2,1-2H3. The van der Waals surface area contributed by atoms with Crippen LogP contribution in [0.3, 0.4) is 0 Å². The van der Waals surface area contributed by atoms with Crippen molar-refractivity contribution in [3.05, 3.63) is 95.1 Å². The number of aryl methyl sites for hydroxylation is 2. The molecule has 4 rings (SSSR count). The van der Waals surface area contributed by atoms with E-state index in [-0.39, 0.29) is 0 Å². The van der Waals surface area contributed by atoms with E-state index in [9.17, 15) is 0 Å². The van der Waals surface area contributed by atoms with Gasteiger partial charge in [0.05, 0.1) is 0 Å². The lowest BCUT2D eigenvalue weighted by atomic mass is 9.87. The molecule has 0 spiro atoms. The number of rotatable bonds is 5. The molecule has 1 aliphatic rings. The SMILES string of the molecule is CCCc1ccc(-c2ccc(C3CCCC(c4ccccc4)CC3)cc2C)cc1. The van der Waals surface area contributed by atoms with Crippen molar-refractivity contribution in [1.82, 2.24) is 0 Å². The smallest absolute Gasteiger partial charge is 0.0155 e. The molecule has 2 atom stereocenters. The maximum atomic E-state index is 2.46. The normalized spacial score (nSPS) is 19.7. The Hall–Kier alpha value is -2.34. The molecule has 0 saturated heterocycles. The molecule has 1 aliphatic carbocycles. The molecule has 1 fully saturated rings. The Morgan fingerprint density at radius 2 is 1.41 bits per heavy atom. The Kier molecular flexibility index (Phi) is 6.49. The summed E-state index contributed by atoms with van der Waals surface area (Å²) >= 11 is 0. The largest absolute Gasteiger partial charge is 0.0651 e. The van der Waals surface area contributed by atoms with Crippen molar-refractivity contribution in [3.8, 4) is 11.1 Å². The van der Waals surface area contributed by atoms with Crippen LogP contribution >= 0.6 is 0 Å². The molecule has 3 aromatic rings. The molecule has 0 radical (unpaired) electrons. The van der Waals surface area contributed by atoms with Gasteiger partial charge in [-0.25, -0.2) is 0 Å². The van der Waals surface area contributed by atoms with Crippen molar-refractivity contribution in [2.45, 2.75) is 70.6 Å². The molecule has 3 aromatic carbocycles. The minimum atomic E-state index is 0.711. The zero-order valence-corrected chi connectivity index (χ0v) is 18.0. The fourth-order valence-electron chi connectivity index (χ4n) is 5.10. The molecular weight excluding hydrogens is 348 g/mol. The zero-order valence-electron chi connectivity index (χ0n) is 18.0. The van der Waals surface area contributed by atoms with Gasteiger partial charge in [-0.15, -0.1) is 0 Å². The predicted molar refractivity (Wildman–Crippen MR) is 126 cm³/mol. The van der Waals surface area contributed by atoms with Gasteiger partial charge >= 0.3 is 0 Å². The summed E-state index contributed by atoms with van der Waals surface area (Å²) in [5, 5.41) is 0. The van der Waals surface area contributed by atoms with Crippen LogP contribution in [0, 0.1) is 6.92 Å². The molecular formula is C29H34. The highest BCUT2D eigenvalue weighted by Gasteiger charge is 2.21. The minimum absolute atomic E-state index is 0.711. The molecule has 0 N–H and O–H groups in total. The van der Waals surface area contributed by atoms with Gasteiger partial charge in [0.2, 0.25) is 0 Å². The minimum Gasteiger partial charge on any atom is -0.0651 e. The van der Waals surface area contributed by atoms with E-state index >= 15 is 0 Å². The van der Waals surface area contributed by atoms with Gasteiger partial charge in [0, 0.05) is 0 Å². The van der Waals surface area contributed by atoms with E-state index in [4.69, 9.17) is 0 Å². The van der Waals surface area contributed by atoms with E-state index < -0.39 is 0 Å². The highest BCUT2D eigenvalue weighted by molar-refractivity contribution is 5.68. The lowest BCUT2D eigenvalue weighted by Gasteiger charge is -2.18. The maximum Gasteiger partial charge on any atom is -0.0155 e. The van der Waals surface area contributed by atoms with Gasteiger partial charge in [-0.2, -0.15) is 0 Å². The first-order valence-electron chi connectivity index (χ1n) is 11.5. The highest BCUT2D eigenvalue weighted by atomic mass is 14.3. The van der Waals surface area contributed by atoms with Gasteiger partial charge in [0.25, 0.3) is 0 Å². The zero-order chi connectivity index (χ0) is 20.1. The van der Waals surface area contributed by atoms with Crippen molar-refractivity contribution in [2.24, 2.45) is 0 Å². The second kappa shape index (κ2) is 9.44. The average molecular weight is 383 g/mol. The van der Waals surface area contributed by atoms with Gasteiger partial charge in [0.1, 0.15) is 0 Å². The molecule has 2 unspecified atom stereocenters. The van der Waals surface area contributed by atoms with Crippen LogP contribution in [0.2, 0.25) is 0 Å². The van der Waals surface area contributed by atoms with Crippen LogP contribution in [0.4, 0.5) is 0 Å². The van der Waals surface area contributed by atoms with Gasteiger partial charge in [-0.1, -0.05) is 92.6 Å². The molecule has 1 saturated carbocycles. The van der Waals surface area contributed by atoms with Crippen LogP contribution in [-0.2, 0) is 6.42 Å². The van der Waals surface area contributed by atoms with Crippen LogP contribution in [-0.4, -0.2) is 0 Å². The van der Waals surface area contributed by atoms with E-state index in [1.807, 2.05) is 0 Å². The first kappa shape index (κ1) is 20.0. The summed E-state index contributed by atoms with van der Waals surface area (Å²) in [6, 6.07) is 27.5. The Balaban J connectivity index is 1.47.